The van der Waals surface area contributed by atoms with Crippen molar-refractivity contribution in [2.24, 2.45) is 5.41 Å². The van der Waals surface area contributed by atoms with Crippen LogP contribution in [0, 0.1) is 16.7 Å². The molecule has 6 nitrogen and oxygen atoms in total. The number of amides is 1. The summed E-state index contributed by atoms with van der Waals surface area (Å²) >= 11 is 0. The number of carbonyl (C=O) groups is 1. The summed E-state index contributed by atoms with van der Waals surface area (Å²) in [5, 5.41) is 9.42. The molecule has 0 unspecified atom stereocenters. The number of hydrogen-bond acceptors (Lipinski definition) is 5. The molecule has 2 fully saturated rings. The third-order valence-corrected chi connectivity index (χ3v) is 5.71. The molecule has 2 saturated heterocycles. The van der Waals surface area contributed by atoms with E-state index in [0.717, 1.165) is 50.3 Å². The first-order valence-electron chi connectivity index (χ1n) is 9.46. The molecule has 27 heavy (non-hydrogen) atoms. The summed E-state index contributed by atoms with van der Waals surface area (Å²) in [4.78, 5) is 25.4. The quantitative estimate of drug-likeness (QED) is 0.840. The number of likely N-dealkylation sites (tertiary alicyclic amines) is 1. The number of nitrogens with zero attached hydrogens (tertiary/aromatic N) is 5. The molecule has 2 aliphatic heterocycles. The highest BCUT2D eigenvalue weighted by molar-refractivity contribution is 5.77. The molecule has 138 valence electrons. The lowest BCUT2D eigenvalue weighted by molar-refractivity contribution is -0.138. The molecule has 1 amide bonds. The van der Waals surface area contributed by atoms with Gasteiger partial charge in [0.2, 0.25) is 5.91 Å². The van der Waals surface area contributed by atoms with Crippen LogP contribution < -0.4 is 4.90 Å². The number of nitriles is 1. The highest BCUT2D eigenvalue weighted by Gasteiger charge is 2.42. The van der Waals surface area contributed by atoms with Gasteiger partial charge in [0, 0.05) is 56.6 Å². The van der Waals surface area contributed by atoms with Crippen LogP contribution in [0.25, 0.3) is 0 Å². The average molecular weight is 361 g/mol. The van der Waals surface area contributed by atoms with Crippen molar-refractivity contribution < 1.29 is 4.79 Å². The van der Waals surface area contributed by atoms with E-state index >= 15 is 0 Å². The SMILES string of the molecule is N#Cc1cccnc1N1CCC[C@]2(CCC(=O)N(Cc3cccnc3)C2)C1. The standard InChI is InChI=1S/C21H23N5O/c22-12-18-5-2-10-24-20(18)25-11-3-7-21(15-25)8-6-19(27)26(16-21)14-17-4-1-9-23-13-17/h1-2,4-5,9-10,13H,3,6-8,11,14-16H2/t21-/m0/s1. The molecule has 6 heteroatoms. The Hall–Kier alpha value is -2.94. The first-order valence-corrected chi connectivity index (χ1v) is 9.46. The van der Waals surface area contributed by atoms with Crippen molar-refractivity contribution in [1.82, 2.24) is 14.9 Å². The van der Waals surface area contributed by atoms with Crippen LogP contribution >= 0.6 is 0 Å². The molecule has 0 bridgehead atoms. The van der Waals surface area contributed by atoms with Crippen LogP contribution in [0.1, 0.15) is 36.8 Å². The number of pyridine rings is 2. The zero-order chi connectivity index (χ0) is 18.7. The van der Waals surface area contributed by atoms with E-state index in [0.29, 0.717) is 18.5 Å². The second-order valence-corrected chi connectivity index (χ2v) is 7.62. The number of piperidine rings is 2. The number of carbonyl (C=O) groups excluding carboxylic acids is 1. The van der Waals surface area contributed by atoms with Crippen molar-refractivity contribution >= 4 is 11.7 Å². The third-order valence-electron chi connectivity index (χ3n) is 5.71. The normalized spacial score (nSPS) is 22.7. The summed E-state index contributed by atoms with van der Waals surface area (Å²) in [6.45, 7) is 3.12. The van der Waals surface area contributed by atoms with Gasteiger partial charge in [-0.1, -0.05) is 6.07 Å². The first-order chi connectivity index (χ1) is 13.2. The molecule has 2 aromatic heterocycles. The second kappa shape index (κ2) is 7.36. The summed E-state index contributed by atoms with van der Waals surface area (Å²) in [5.74, 6) is 0.993. The minimum Gasteiger partial charge on any atom is -0.355 e. The van der Waals surface area contributed by atoms with Gasteiger partial charge in [-0.05, 0) is 43.0 Å². The molecule has 4 rings (SSSR count). The van der Waals surface area contributed by atoms with Gasteiger partial charge < -0.3 is 9.80 Å². The molecule has 2 aromatic rings. The summed E-state index contributed by atoms with van der Waals surface area (Å²) < 4.78 is 0. The predicted molar refractivity (Wildman–Crippen MR) is 102 cm³/mol. The largest absolute Gasteiger partial charge is 0.355 e. The maximum absolute atomic E-state index is 12.5. The first kappa shape index (κ1) is 17.5. The van der Waals surface area contributed by atoms with Crippen LogP contribution in [0.15, 0.2) is 42.9 Å². The molecule has 0 N–H and O–H groups in total. The summed E-state index contributed by atoms with van der Waals surface area (Å²) in [6, 6.07) is 9.81. The van der Waals surface area contributed by atoms with E-state index in [1.54, 1.807) is 18.5 Å². The van der Waals surface area contributed by atoms with Gasteiger partial charge in [0.25, 0.3) is 0 Å². The van der Waals surface area contributed by atoms with Crippen molar-refractivity contribution in [3.63, 3.8) is 0 Å². The Balaban J connectivity index is 1.53. The zero-order valence-corrected chi connectivity index (χ0v) is 15.3. The van der Waals surface area contributed by atoms with E-state index in [9.17, 15) is 10.1 Å². The lowest BCUT2D eigenvalue weighted by atomic mass is 9.73. The van der Waals surface area contributed by atoms with Crippen molar-refractivity contribution in [3.05, 3.63) is 54.0 Å². The van der Waals surface area contributed by atoms with Gasteiger partial charge in [-0.15, -0.1) is 0 Å². The molecule has 0 aliphatic carbocycles. The van der Waals surface area contributed by atoms with E-state index < -0.39 is 0 Å². The Morgan fingerprint density at radius 2 is 2.07 bits per heavy atom. The lowest BCUT2D eigenvalue weighted by Gasteiger charge is -2.48. The number of aromatic nitrogens is 2. The fourth-order valence-electron chi connectivity index (χ4n) is 4.42. The van der Waals surface area contributed by atoms with Crippen LogP contribution in [0.4, 0.5) is 5.82 Å². The molecule has 0 radical (unpaired) electrons. The van der Waals surface area contributed by atoms with Crippen molar-refractivity contribution in [3.8, 4) is 6.07 Å². The number of anilines is 1. The van der Waals surface area contributed by atoms with Gasteiger partial charge in [-0.3, -0.25) is 9.78 Å². The molecule has 1 spiro atoms. The average Bonchev–Trinajstić information content (AvgIpc) is 2.72. The van der Waals surface area contributed by atoms with Gasteiger partial charge in [0.1, 0.15) is 11.9 Å². The van der Waals surface area contributed by atoms with Crippen molar-refractivity contribution in [1.29, 1.82) is 5.26 Å². The zero-order valence-electron chi connectivity index (χ0n) is 15.3. The fraction of sp³-hybridized carbons (Fsp3) is 0.429. The van der Waals surface area contributed by atoms with Gasteiger partial charge >= 0.3 is 0 Å². The molecule has 1 atom stereocenters. The maximum atomic E-state index is 12.5. The van der Waals surface area contributed by atoms with Gasteiger partial charge in [-0.2, -0.15) is 5.26 Å². The Labute approximate surface area is 159 Å². The Morgan fingerprint density at radius 1 is 1.19 bits per heavy atom. The fourth-order valence-corrected chi connectivity index (χ4v) is 4.42. The van der Waals surface area contributed by atoms with E-state index in [-0.39, 0.29) is 11.3 Å². The smallest absolute Gasteiger partial charge is 0.222 e. The summed E-state index contributed by atoms with van der Waals surface area (Å²) in [5.41, 5.74) is 1.75. The lowest BCUT2D eigenvalue weighted by Crippen LogP contribution is -2.54. The predicted octanol–water partition coefficient (Wildman–Crippen LogP) is 2.76. The third kappa shape index (κ3) is 3.63. The Morgan fingerprint density at radius 3 is 2.89 bits per heavy atom. The summed E-state index contributed by atoms with van der Waals surface area (Å²) in [7, 11) is 0. The maximum Gasteiger partial charge on any atom is 0.222 e. The van der Waals surface area contributed by atoms with Crippen LogP contribution in [0.3, 0.4) is 0 Å². The van der Waals surface area contributed by atoms with E-state index in [2.05, 4.69) is 20.9 Å². The van der Waals surface area contributed by atoms with Crippen LogP contribution in [-0.2, 0) is 11.3 Å². The number of rotatable bonds is 3. The molecule has 4 heterocycles. The Kier molecular flexibility index (Phi) is 4.76. The molecule has 0 saturated carbocycles. The van der Waals surface area contributed by atoms with Gasteiger partial charge in [0.15, 0.2) is 0 Å². The van der Waals surface area contributed by atoms with E-state index in [1.165, 1.54) is 0 Å². The highest BCUT2D eigenvalue weighted by Crippen LogP contribution is 2.40. The second-order valence-electron chi connectivity index (χ2n) is 7.62. The molecular formula is C21H23N5O. The minimum absolute atomic E-state index is 0.0681. The number of hydrogen-bond donors (Lipinski definition) is 0. The molecule has 2 aliphatic rings. The minimum atomic E-state index is 0.0681. The van der Waals surface area contributed by atoms with Crippen LogP contribution in [-0.4, -0.2) is 40.4 Å². The summed E-state index contributed by atoms with van der Waals surface area (Å²) in [6.07, 6.45) is 8.97. The van der Waals surface area contributed by atoms with Crippen molar-refractivity contribution in [2.75, 3.05) is 24.5 Å². The van der Waals surface area contributed by atoms with Crippen molar-refractivity contribution in [2.45, 2.75) is 32.2 Å². The monoisotopic (exact) mass is 361 g/mol. The van der Waals surface area contributed by atoms with Crippen LogP contribution in [0.2, 0.25) is 0 Å². The highest BCUT2D eigenvalue weighted by atomic mass is 16.2. The topological polar surface area (TPSA) is 73.1 Å². The molecular weight excluding hydrogens is 338 g/mol. The molecule has 0 aromatic carbocycles. The van der Waals surface area contributed by atoms with Crippen LogP contribution in [0.5, 0.6) is 0 Å². The van der Waals surface area contributed by atoms with Gasteiger partial charge in [-0.25, -0.2) is 4.98 Å². The van der Waals surface area contributed by atoms with E-state index in [4.69, 9.17) is 0 Å². The van der Waals surface area contributed by atoms with E-state index in [1.807, 2.05) is 29.3 Å². The van der Waals surface area contributed by atoms with Gasteiger partial charge in [0.05, 0.1) is 5.56 Å². The Bertz CT molecular complexity index is 862.